The van der Waals surface area contributed by atoms with Crippen molar-refractivity contribution in [1.29, 1.82) is 0 Å². The topological polar surface area (TPSA) is 167 Å². The van der Waals surface area contributed by atoms with E-state index in [4.69, 9.17) is 5.73 Å². The number of benzene rings is 1. The largest absolute Gasteiger partial charge is 0.391 e. The third-order valence-corrected chi connectivity index (χ3v) is 8.13. The molecule has 11 nitrogen and oxygen atoms in total. The lowest BCUT2D eigenvalue weighted by molar-refractivity contribution is -0.144. The number of rotatable bonds is 11. The maximum Gasteiger partial charge on any atom is 0.246 e. The summed E-state index contributed by atoms with van der Waals surface area (Å²) < 4.78 is 0. The summed E-state index contributed by atoms with van der Waals surface area (Å²) in [4.78, 5) is 57.9. The second-order valence-corrected chi connectivity index (χ2v) is 12.4. The summed E-state index contributed by atoms with van der Waals surface area (Å²) in [7, 11) is 0. The van der Waals surface area contributed by atoms with Crippen molar-refractivity contribution in [3.63, 3.8) is 0 Å². The van der Waals surface area contributed by atoms with Crippen LogP contribution in [0.5, 0.6) is 0 Å². The summed E-state index contributed by atoms with van der Waals surface area (Å²) in [5.41, 5.74) is 9.35. The number of nitrogens with zero attached hydrogens (tertiary/aromatic N) is 2. The molecule has 2 heterocycles. The van der Waals surface area contributed by atoms with Gasteiger partial charge >= 0.3 is 0 Å². The third kappa shape index (κ3) is 8.57. The first-order valence-corrected chi connectivity index (χ1v) is 14.7. The highest BCUT2D eigenvalue weighted by Crippen LogP contribution is 2.29. The van der Waals surface area contributed by atoms with E-state index in [2.05, 4.69) is 20.9 Å². The number of likely N-dealkylation sites (tertiary alicyclic amines) is 1. The number of carbonyl (C=O) groups is 4. The molecule has 0 radical (unpaired) electrons. The molecule has 12 heteroatoms. The molecule has 1 saturated heterocycles. The van der Waals surface area contributed by atoms with Crippen LogP contribution in [0.2, 0.25) is 0 Å². The van der Waals surface area contributed by atoms with E-state index in [-0.39, 0.29) is 49.7 Å². The quantitative estimate of drug-likeness (QED) is 0.250. The summed E-state index contributed by atoms with van der Waals surface area (Å²) >= 11 is 1.57. The van der Waals surface area contributed by atoms with Gasteiger partial charge < -0.3 is 31.7 Å². The molecule has 0 spiro atoms. The van der Waals surface area contributed by atoms with Crippen LogP contribution < -0.4 is 21.7 Å². The summed E-state index contributed by atoms with van der Waals surface area (Å²) in [6.45, 7) is 9.51. The molecular formula is C29H42N6O5S. The molecule has 6 N–H and O–H groups in total. The van der Waals surface area contributed by atoms with Crippen molar-refractivity contribution in [3.8, 4) is 10.4 Å². The molecule has 224 valence electrons. The van der Waals surface area contributed by atoms with Crippen molar-refractivity contribution < 1.29 is 24.3 Å². The molecule has 0 aliphatic carbocycles. The molecule has 41 heavy (non-hydrogen) atoms. The Kier molecular flexibility index (Phi) is 11.0. The molecule has 3 rings (SSSR count). The summed E-state index contributed by atoms with van der Waals surface area (Å²) in [6.07, 6.45) is -0.247. The minimum absolute atomic E-state index is 0.00176. The number of hydrogen-bond donors (Lipinski definition) is 5. The number of nitrogens with one attached hydrogen (secondary N) is 3. The molecule has 1 aromatic heterocycles. The zero-order chi connectivity index (χ0) is 30.3. The lowest BCUT2D eigenvalue weighted by atomic mass is 9.85. The predicted octanol–water partition coefficient (Wildman–Crippen LogP) is 1.64. The Balaban J connectivity index is 1.65. The Hall–Kier alpha value is -3.35. The average molecular weight is 587 g/mol. The molecule has 1 fully saturated rings. The molecule has 0 saturated carbocycles. The molecule has 4 amide bonds. The zero-order valence-corrected chi connectivity index (χ0v) is 25.2. The van der Waals surface area contributed by atoms with E-state index in [0.717, 1.165) is 21.7 Å². The molecular weight excluding hydrogens is 544 g/mol. The molecule has 0 unspecified atom stereocenters. The number of nitrogens with two attached hydrogens (primary N) is 1. The fourth-order valence-corrected chi connectivity index (χ4v) is 5.61. The molecule has 2 aromatic rings. The highest BCUT2D eigenvalue weighted by atomic mass is 32.1. The molecule has 1 aliphatic rings. The van der Waals surface area contributed by atoms with Crippen molar-refractivity contribution in [2.45, 2.75) is 78.1 Å². The summed E-state index contributed by atoms with van der Waals surface area (Å²) in [5, 5.41) is 18.8. The zero-order valence-electron chi connectivity index (χ0n) is 24.4. The van der Waals surface area contributed by atoms with Gasteiger partial charge in [-0.1, -0.05) is 45.0 Å². The van der Waals surface area contributed by atoms with E-state index < -0.39 is 29.5 Å². The van der Waals surface area contributed by atoms with Crippen molar-refractivity contribution in [3.05, 3.63) is 41.0 Å². The normalized spacial score (nSPS) is 18.5. The first-order chi connectivity index (χ1) is 19.3. The van der Waals surface area contributed by atoms with Gasteiger partial charge in [-0.15, -0.1) is 11.3 Å². The second-order valence-electron chi connectivity index (χ2n) is 11.5. The number of β-amino-alcohol motifs (C(OH)–C–C–N with tert-alkyl or cyclic N) is 1. The van der Waals surface area contributed by atoms with Gasteiger partial charge in [0.1, 0.15) is 12.1 Å². The van der Waals surface area contributed by atoms with Gasteiger partial charge in [0.15, 0.2) is 0 Å². The molecule has 1 aromatic carbocycles. The molecule has 1 aliphatic heterocycles. The van der Waals surface area contributed by atoms with E-state index in [1.54, 1.807) is 11.3 Å². The SMILES string of the molecule is Cc1ncsc1-c1ccc([C@H](C)NC(=O)[C@@H]2C[C@@H](O)CN2C(=O)[C@@H](NC(=O)CCCNC(=O)CN)C(C)(C)C)cc1. The highest BCUT2D eigenvalue weighted by Gasteiger charge is 2.44. The Labute approximate surface area is 245 Å². The maximum atomic E-state index is 13.7. The van der Waals surface area contributed by atoms with Crippen LogP contribution in [0, 0.1) is 12.3 Å². The van der Waals surface area contributed by atoms with Gasteiger partial charge in [0.05, 0.1) is 34.8 Å². The van der Waals surface area contributed by atoms with Gasteiger partial charge in [-0.25, -0.2) is 4.98 Å². The fraction of sp³-hybridized carbons (Fsp3) is 0.552. The van der Waals surface area contributed by atoms with Crippen LogP contribution in [-0.2, 0) is 19.2 Å². The average Bonchev–Trinajstić information content (AvgIpc) is 3.53. The van der Waals surface area contributed by atoms with Gasteiger partial charge in [-0.05, 0) is 36.8 Å². The Morgan fingerprint density at radius 2 is 1.83 bits per heavy atom. The summed E-state index contributed by atoms with van der Waals surface area (Å²) in [6, 6.07) is 5.80. The van der Waals surface area contributed by atoms with Gasteiger partial charge in [-0.3, -0.25) is 19.2 Å². The number of amides is 4. The number of carbonyl (C=O) groups excluding carboxylic acids is 4. The third-order valence-electron chi connectivity index (χ3n) is 7.15. The van der Waals surface area contributed by atoms with E-state index in [9.17, 15) is 24.3 Å². The second kappa shape index (κ2) is 14.0. The lowest BCUT2D eigenvalue weighted by Crippen LogP contribution is -2.57. The van der Waals surface area contributed by atoms with Crippen LogP contribution in [0.15, 0.2) is 29.8 Å². The van der Waals surface area contributed by atoms with Crippen LogP contribution >= 0.6 is 11.3 Å². The van der Waals surface area contributed by atoms with E-state index in [1.165, 1.54) is 4.90 Å². The fourth-order valence-electron chi connectivity index (χ4n) is 4.80. The lowest BCUT2D eigenvalue weighted by Gasteiger charge is -2.35. The van der Waals surface area contributed by atoms with Crippen LogP contribution in [0.1, 0.15) is 64.3 Å². The minimum atomic E-state index is -0.908. The standard InChI is InChI=1S/C29H42N6O5S/c1-17(19-8-10-20(11-9-19)25-18(2)32-16-41-25)33-27(39)22-13-21(36)15-35(22)28(40)26(29(3,4)5)34-23(37)7-6-12-31-24(38)14-30/h8-11,16-17,21-22,26,36H,6-7,12-15,30H2,1-5H3,(H,31,38)(H,33,39)(H,34,37)/t17-,21+,22-,26+/m0/s1. The highest BCUT2D eigenvalue weighted by molar-refractivity contribution is 7.13. The smallest absolute Gasteiger partial charge is 0.246 e. The van der Waals surface area contributed by atoms with Crippen molar-refractivity contribution in [2.24, 2.45) is 11.1 Å². The number of aryl methyl sites for hydroxylation is 1. The van der Waals surface area contributed by atoms with E-state index in [0.29, 0.717) is 13.0 Å². The predicted molar refractivity (Wildman–Crippen MR) is 158 cm³/mol. The first kappa shape index (κ1) is 32.2. The maximum absolute atomic E-state index is 13.7. The Morgan fingerprint density at radius 1 is 1.15 bits per heavy atom. The van der Waals surface area contributed by atoms with Crippen LogP contribution in [0.25, 0.3) is 10.4 Å². The monoisotopic (exact) mass is 586 g/mol. The van der Waals surface area contributed by atoms with Crippen molar-refractivity contribution >= 4 is 35.0 Å². The number of aliphatic hydroxyl groups is 1. The van der Waals surface area contributed by atoms with Gasteiger partial charge in [0.2, 0.25) is 23.6 Å². The van der Waals surface area contributed by atoms with Gasteiger partial charge in [0, 0.05) is 25.9 Å². The van der Waals surface area contributed by atoms with Crippen LogP contribution in [-0.4, -0.2) is 76.4 Å². The number of aliphatic hydroxyl groups excluding tert-OH is 1. The van der Waals surface area contributed by atoms with Crippen LogP contribution in [0.4, 0.5) is 0 Å². The molecule has 0 bridgehead atoms. The number of aromatic nitrogens is 1. The number of thiazole rings is 1. The Bertz CT molecular complexity index is 1230. The van der Waals surface area contributed by atoms with Crippen molar-refractivity contribution in [2.75, 3.05) is 19.6 Å². The van der Waals surface area contributed by atoms with Gasteiger partial charge in [0.25, 0.3) is 0 Å². The minimum Gasteiger partial charge on any atom is -0.391 e. The molecule has 4 atom stereocenters. The number of hydrogen-bond acceptors (Lipinski definition) is 8. The first-order valence-electron chi connectivity index (χ1n) is 13.9. The van der Waals surface area contributed by atoms with E-state index in [1.807, 2.05) is 64.4 Å². The Morgan fingerprint density at radius 3 is 2.41 bits per heavy atom. The van der Waals surface area contributed by atoms with Gasteiger partial charge in [-0.2, -0.15) is 0 Å². The van der Waals surface area contributed by atoms with Crippen LogP contribution in [0.3, 0.4) is 0 Å². The summed E-state index contributed by atoms with van der Waals surface area (Å²) in [5.74, 6) is -1.43. The van der Waals surface area contributed by atoms with Crippen molar-refractivity contribution in [1.82, 2.24) is 25.8 Å². The van der Waals surface area contributed by atoms with E-state index >= 15 is 0 Å².